The van der Waals surface area contributed by atoms with Crippen molar-refractivity contribution in [2.45, 2.75) is 25.3 Å². The number of non-ortho nitro benzene ring substituents is 1. The molecule has 2 aliphatic rings. The van der Waals surface area contributed by atoms with Gasteiger partial charge >= 0.3 is 0 Å². The lowest BCUT2D eigenvalue weighted by Crippen LogP contribution is -2.36. The molecule has 1 aliphatic carbocycles. The van der Waals surface area contributed by atoms with Crippen LogP contribution < -0.4 is 0 Å². The zero-order valence-corrected chi connectivity index (χ0v) is 12.9. The topological polar surface area (TPSA) is 72.7 Å². The van der Waals surface area contributed by atoms with E-state index in [0.717, 1.165) is 39.0 Å². The van der Waals surface area contributed by atoms with E-state index in [1.807, 2.05) is 4.90 Å². The smallest absolute Gasteiger partial charge is 0.270 e. The normalized spacial score (nSPS) is 20.8. The van der Waals surface area contributed by atoms with Crippen LogP contribution in [0, 0.1) is 16.0 Å². The van der Waals surface area contributed by atoms with Gasteiger partial charge in [0.25, 0.3) is 5.69 Å². The molecule has 1 saturated heterocycles. The Morgan fingerprint density at radius 2 is 2.22 bits per heavy atom. The maximum absolute atomic E-state index is 12.5. The molecule has 1 aromatic carbocycles. The highest BCUT2D eigenvalue weighted by molar-refractivity contribution is 5.92. The fourth-order valence-electron chi connectivity index (χ4n) is 2.82. The number of rotatable bonds is 6. The number of carbonyl (C=O) groups is 1. The summed E-state index contributed by atoms with van der Waals surface area (Å²) in [5.74, 6) is 0.400. The lowest BCUT2D eigenvalue weighted by molar-refractivity contribution is -0.384. The number of benzene rings is 1. The van der Waals surface area contributed by atoms with Crippen LogP contribution in [0.4, 0.5) is 5.69 Å². The molecule has 1 aromatic rings. The molecular weight excluding hydrogens is 296 g/mol. The Morgan fingerprint density at radius 3 is 2.87 bits per heavy atom. The first kappa shape index (κ1) is 15.7. The predicted octanol–water partition coefficient (Wildman–Crippen LogP) is 2.64. The van der Waals surface area contributed by atoms with Gasteiger partial charge < -0.3 is 9.64 Å². The second-order valence-electron chi connectivity index (χ2n) is 6.14. The van der Waals surface area contributed by atoms with Crippen molar-refractivity contribution in [3.63, 3.8) is 0 Å². The molecule has 0 aromatic heterocycles. The van der Waals surface area contributed by atoms with Gasteiger partial charge in [0.15, 0.2) is 0 Å². The van der Waals surface area contributed by atoms with Gasteiger partial charge in [-0.3, -0.25) is 14.9 Å². The van der Waals surface area contributed by atoms with E-state index in [1.54, 1.807) is 18.2 Å². The Balaban J connectivity index is 1.65. The summed E-state index contributed by atoms with van der Waals surface area (Å²) in [6, 6.07) is 6.63. The van der Waals surface area contributed by atoms with Gasteiger partial charge in [-0.1, -0.05) is 12.1 Å². The van der Waals surface area contributed by atoms with Gasteiger partial charge in [0.05, 0.1) is 11.5 Å². The van der Waals surface area contributed by atoms with Gasteiger partial charge in [-0.25, -0.2) is 0 Å². The van der Waals surface area contributed by atoms with Crippen molar-refractivity contribution in [2.24, 2.45) is 5.92 Å². The van der Waals surface area contributed by atoms with E-state index in [2.05, 4.69) is 0 Å². The van der Waals surface area contributed by atoms with Gasteiger partial charge in [0.2, 0.25) is 5.91 Å². The fraction of sp³-hybridized carbons (Fsp3) is 0.471. The predicted molar refractivity (Wildman–Crippen MR) is 85.8 cm³/mol. The Morgan fingerprint density at radius 1 is 1.39 bits per heavy atom. The average molecular weight is 316 g/mol. The number of nitro groups is 1. The third kappa shape index (κ3) is 4.16. The first-order valence-electron chi connectivity index (χ1n) is 7.94. The lowest BCUT2D eigenvalue weighted by atomic mass is 10.1. The second kappa shape index (κ2) is 6.91. The lowest BCUT2D eigenvalue weighted by Gasteiger charge is -2.23. The SMILES string of the molecule is O=C(/C=C/c1cccc([N+](=O)[O-])c1)N(C[C@@H]1CCOC1)C1CC1. The van der Waals surface area contributed by atoms with Crippen LogP contribution >= 0.6 is 0 Å². The summed E-state index contributed by atoms with van der Waals surface area (Å²) < 4.78 is 5.38. The molecule has 0 bridgehead atoms. The number of ether oxygens (including phenoxy) is 1. The highest BCUT2D eigenvalue weighted by Gasteiger charge is 2.33. The van der Waals surface area contributed by atoms with Crippen LogP contribution in [0.1, 0.15) is 24.8 Å². The molecule has 6 nitrogen and oxygen atoms in total. The fourth-order valence-corrected chi connectivity index (χ4v) is 2.82. The minimum atomic E-state index is -0.435. The van der Waals surface area contributed by atoms with Crippen molar-refractivity contribution >= 4 is 17.7 Å². The van der Waals surface area contributed by atoms with Gasteiger partial charge in [-0.05, 0) is 30.9 Å². The minimum absolute atomic E-state index is 0.0223. The van der Waals surface area contributed by atoms with E-state index in [9.17, 15) is 14.9 Å². The van der Waals surface area contributed by atoms with Crippen molar-refractivity contribution in [3.8, 4) is 0 Å². The average Bonchev–Trinajstić information content (AvgIpc) is 3.26. The standard InChI is InChI=1S/C17H20N2O4/c20-17(7-4-13-2-1-3-16(10-13)19(21)22)18(15-5-6-15)11-14-8-9-23-12-14/h1-4,7,10,14-15H,5-6,8-9,11-12H2/b7-4+/t14-/m0/s1. The molecule has 23 heavy (non-hydrogen) atoms. The zero-order chi connectivity index (χ0) is 16.2. The number of carbonyl (C=O) groups excluding carboxylic acids is 1. The number of amides is 1. The molecular formula is C17H20N2O4. The summed E-state index contributed by atoms with van der Waals surface area (Å²) in [5, 5.41) is 10.8. The minimum Gasteiger partial charge on any atom is -0.381 e. The largest absolute Gasteiger partial charge is 0.381 e. The van der Waals surface area contributed by atoms with Crippen molar-refractivity contribution in [1.29, 1.82) is 0 Å². The van der Waals surface area contributed by atoms with Crippen LogP contribution in [0.15, 0.2) is 30.3 Å². The van der Waals surface area contributed by atoms with Crippen molar-refractivity contribution in [1.82, 2.24) is 4.90 Å². The quantitative estimate of drug-likeness (QED) is 0.459. The summed E-state index contributed by atoms with van der Waals surface area (Å²) in [7, 11) is 0. The van der Waals surface area contributed by atoms with Crippen LogP contribution in [0.3, 0.4) is 0 Å². The van der Waals surface area contributed by atoms with E-state index in [1.165, 1.54) is 18.2 Å². The third-order valence-corrected chi connectivity index (χ3v) is 4.25. The van der Waals surface area contributed by atoms with Gasteiger partial charge in [-0.2, -0.15) is 0 Å². The van der Waals surface area contributed by atoms with Crippen LogP contribution in [0.5, 0.6) is 0 Å². The van der Waals surface area contributed by atoms with E-state index in [-0.39, 0.29) is 11.6 Å². The van der Waals surface area contributed by atoms with Gasteiger partial charge in [-0.15, -0.1) is 0 Å². The van der Waals surface area contributed by atoms with Crippen molar-refractivity contribution in [2.75, 3.05) is 19.8 Å². The number of nitro benzene ring substituents is 1. The third-order valence-electron chi connectivity index (χ3n) is 4.25. The van der Waals surface area contributed by atoms with Gasteiger partial charge in [0, 0.05) is 43.3 Å². The highest BCUT2D eigenvalue weighted by atomic mass is 16.6. The van der Waals surface area contributed by atoms with Crippen molar-refractivity contribution in [3.05, 3.63) is 46.0 Å². The molecule has 1 heterocycles. The number of hydrogen-bond donors (Lipinski definition) is 0. The molecule has 1 saturated carbocycles. The maximum atomic E-state index is 12.5. The van der Waals surface area contributed by atoms with E-state index >= 15 is 0 Å². The van der Waals surface area contributed by atoms with Crippen LogP contribution in [0.25, 0.3) is 6.08 Å². The zero-order valence-electron chi connectivity index (χ0n) is 12.9. The molecule has 1 aliphatic heterocycles. The second-order valence-corrected chi connectivity index (χ2v) is 6.14. The summed E-state index contributed by atoms with van der Waals surface area (Å²) >= 11 is 0. The summed E-state index contributed by atoms with van der Waals surface area (Å²) in [6.45, 7) is 2.24. The molecule has 6 heteroatoms. The Bertz CT molecular complexity index is 619. The molecule has 1 atom stereocenters. The maximum Gasteiger partial charge on any atom is 0.270 e. The number of nitrogens with zero attached hydrogens (tertiary/aromatic N) is 2. The Labute approximate surface area is 134 Å². The molecule has 0 radical (unpaired) electrons. The van der Waals surface area contributed by atoms with E-state index < -0.39 is 4.92 Å². The molecule has 1 amide bonds. The highest BCUT2D eigenvalue weighted by Crippen LogP contribution is 2.29. The van der Waals surface area contributed by atoms with E-state index in [4.69, 9.17) is 4.74 Å². The molecule has 3 rings (SSSR count). The van der Waals surface area contributed by atoms with Crippen LogP contribution in [-0.2, 0) is 9.53 Å². The first-order chi connectivity index (χ1) is 11.1. The van der Waals surface area contributed by atoms with Gasteiger partial charge in [0.1, 0.15) is 0 Å². The summed E-state index contributed by atoms with van der Waals surface area (Å²) in [5.41, 5.74) is 0.689. The molecule has 0 spiro atoms. The van der Waals surface area contributed by atoms with E-state index in [0.29, 0.717) is 17.5 Å². The summed E-state index contributed by atoms with van der Waals surface area (Å²) in [4.78, 5) is 24.7. The van der Waals surface area contributed by atoms with Crippen molar-refractivity contribution < 1.29 is 14.5 Å². The monoisotopic (exact) mass is 316 g/mol. The van der Waals surface area contributed by atoms with Crippen LogP contribution in [-0.4, -0.2) is 41.5 Å². The Kier molecular flexibility index (Phi) is 4.71. The molecule has 0 unspecified atom stereocenters. The van der Waals surface area contributed by atoms with Crippen LogP contribution in [0.2, 0.25) is 0 Å². The summed E-state index contributed by atoms with van der Waals surface area (Å²) in [6.07, 6.45) is 6.29. The molecule has 122 valence electrons. The number of hydrogen-bond acceptors (Lipinski definition) is 4. The molecule has 0 N–H and O–H groups in total. The first-order valence-corrected chi connectivity index (χ1v) is 7.94. The Hall–Kier alpha value is -2.21. The molecule has 2 fully saturated rings.